The number of carbonyl (C=O) groups excluding carboxylic acids is 1. The van der Waals surface area contributed by atoms with Crippen LogP contribution in [-0.4, -0.2) is 13.1 Å². The molecule has 0 atom stereocenters. The van der Waals surface area contributed by atoms with Gasteiger partial charge in [-0.1, -0.05) is 0 Å². The molecule has 0 saturated carbocycles. The Morgan fingerprint density at radius 1 is 1.64 bits per heavy atom. The number of nitriles is 1. The molecule has 0 radical (unpaired) electrons. The number of nitrogens with zero attached hydrogens (tertiary/aromatic N) is 1. The zero-order chi connectivity index (χ0) is 10.7. The molecule has 1 aromatic carbocycles. The van der Waals surface area contributed by atoms with Crippen LogP contribution in [0.25, 0.3) is 0 Å². The Hall–Kier alpha value is -0.990. The zero-order valence-corrected chi connectivity index (χ0v) is 9.72. The summed E-state index contributed by atoms with van der Waals surface area (Å²) in [6.07, 6.45) is 0. The first-order valence-corrected chi connectivity index (χ1v) is 4.85. The van der Waals surface area contributed by atoms with E-state index in [1.165, 1.54) is 7.11 Å². The first-order valence-electron chi connectivity index (χ1n) is 3.61. The molecule has 0 unspecified atom stereocenters. The largest absolute Gasteiger partial charge is 0.465 e. The second kappa shape index (κ2) is 4.49. The summed E-state index contributed by atoms with van der Waals surface area (Å²) in [6.45, 7) is 0. The van der Waals surface area contributed by atoms with Crippen LogP contribution >= 0.6 is 28.6 Å². The normalized spacial score (nSPS) is 9.29. The minimum absolute atomic E-state index is 0.321. The van der Waals surface area contributed by atoms with E-state index in [1.54, 1.807) is 12.1 Å². The van der Waals surface area contributed by atoms with Gasteiger partial charge in [0.15, 0.2) is 0 Å². The van der Waals surface area contributed by atoms with Crippen molar-refractivity contribution in [3.63, 3.8) is 0 Å². The average molecular weight is 272 g/mol. The molecule has 0 aliphatic heterocycles. The van der Waals surface area contributed by atoms with E-state index in [0.717, 1.165) is 0 Å². The molecule has 0 heterocycles. The molecule has 0 aromatic heterocycles. The smallest absolute Gasteiger partial charge is 0.339 e. The molecule has 0 bridgehead atoms. The molecule has 0 saturated heterocycles. The summed E-state index contributed by atoms with van der Waals surface area (Å²) in [6, 6.07) is 5.09. The summed E-state index contributed by atoms with van der Waals surface area (Å²) in [7, 11) is 1.29. The van der Waals surface area contributed by atoms with E-state index in [1.807, 2.05) is 6.07 Å². The van der Waals surface area contributed by atoms with Crippen molar-refractivity contribution in [2.24, 2.45) is 0 Å². The van der Waals surface area contributed by atoms with E-state index in [-0.39, 0.29) is 0 Å². The number of hydrogen-bond acceptors (Lipinski definition) is 4. The van der Waals surface area contributed by atoms with Crippen LogP contribution in [0.5, 0.6) is 0 Å². The number of carbonyl (C=O) groups is 1. The van der Waals surface area contributed by atoms with Crippen LogP contribution in [-0.2, 0) is 4.74 Å². The standard InChI is InChI=1S/C9H6BrNO2S/c1-13-9(12)5-2-3-7(14)6(4-11)8(5)10/h2-3,14H,1H3. The number of methoxy groups -OCH3 is 1. The van der Waals surface area contributed by atoms with Crippen molar-refractivity contribution in [3.05, 3.63) is 27.7 Å². The number of rotatable bonds is 1. The lowest BCUT2D eigenvalue weighted by Gasteiger charge is -2.05. The summed E-state index contributed by atoms with van der Waals surface area (Å²) in [5.41, 5.74) is 0.651. The third-order valence-corrected chi connectivity index (χ3v) is 2.83. The average Bonchev–Trinajstić information content (AvgIpc) is 2.18. The Labute approximate surface area is 95.2 Å². The van der Waals surface area contributed by atoms with Crippen molar-refractivity contribution in [3.8, 4) is 6.07 Å². The molecule has 0 aliphatic carbocycles. The van der Waals surface area contributed by atoms with Crippen molar-refractivity contribution in [1.82, 2.24) is 0 Å². The van der Waals surface area contributed by atoms with Gasteiger partial charge in [0, 0.05) is 4.90 Å². The van der Waals surface area contributed by atoms with Crippen LogP contribution in [0.15, 0.2) is 21.5 Å². The molecule has 0 fully saturated rings. The fourth-order valence-electron chi connectivity index (χ4n) is 0.940. The van der Waals surface area contributed by atoms with Gasteiger partial charge in [0.25, 0.3) is 0 Å². The van der Waals surface area contributed by atoms with Gasteiger partial charge in [-0.3, -0.25) is 0 Å². The molecule has 5 heteroatoms. The number of ether oxygens (including phenoxy) is 1. The molecule has 0 N–H and O–H groups in total. The van der Waals surface area contributed by atoms with E-state index >= 15 is 0 Å². The molecule has 0 spiro atoms. The fraction of sp³-hybridized carbons (Fsp3) is 0.111. The number of benzene rings is 1. The van der Waals surface area contributed by atoms with Crippen LogP contribution in [0.2, 0.25) is 0 Å². The molecule has 0 aliphatic rings. The van der Waals surface area contributed by atoms with Crippen molar-refractivity contribution in [1.29, 1.82) is 5.26 Å². The maximum Gasteiger partial charge on any atom is 0.339 e. The Bertz CT molecular complexity index is 426. The van der Waals surface area contributed by atoms with Gasteiger partial charge < -0.3 is 4.74 Å². The fourth-order valence-corrected chi connectivity index (χ4v) is 1.93. The predicted molar refractivity (Wildman–Crippen MR) is 57.4 cm³/mol. The first-order chi connectivity index (χ1) is 6.61. The van der Waals surface area contributed by atoms with E-state index in [0.29, 0.717) is 20.5 Å². The van der Waals surface area contributed by atoms with Crippen LogP contribution in [0.3, 0.4) is 0 Å². The van der Waals surface area contributed by atoms with Gasteiger partial charge in [-0.25, -0.2) is 4.79 Å². The van der Waals surface area contributed by atoms with Gasteiger partial charge in [0.05, 0.1) is 22.7 Å². The van der Waals surface area contributed by atoms with E-state index in [9.17, 15) is 4.79 Å². The lowest BCUT2D eigenvalue weighted by molar-refractivity contribution is 0.0599. The molecule has 1 rings (SSSR count). The Morgan fingerprint density at radius 3 is 2.79 bits per heavy atom. The van der Waals surface area contributed by atoms with E-state index in [4.69, 9.17) is 5.26 Å². The highest BCUT2D eigenvalue weighted by Crippen LogP contribution is 2.27. The molecule has 1 aromatic rings. The lowest BCUT2D eigenvalue weighted by atomic mass is 10.1. The SMILES string of the molecule is COC(=O)c1ccc(S)c(C#N)c1Br. The van der Waals surface area contributed by atoms with Crippen LogP contribution in [0.1, 0.15) is 15.9 Å². The van der Waals surface area contributed by atoms with Gasteiger partial charge in [-0.2, -0.15) is 5.26 Å². The maximum absolute atomic E-state index is 11.2. The summed E-state index contributed by atoms with van der Waals surface area (Å²) in [5.74, 6) is -0.485. The van der Waals surface area contributed by atoms with Crippen molar-refractivity contribution in [2.75, 3.05) is 7.11 Å². The molecule has 0 amide bonds. The molecular formula is C9H6BrNO2S. The van der Waals surface area contributed by atoms with E-state index < -0.39 is 5.97 Å². The van der Waals surface area contributed by atoms with Gasteiger partial charge in [0.2, 0.25) is 0 Å². The monoisotopic (exact) mass is 271 g/mol. The lowest BCUT2D eigenvalue weighted by Crippen LogP contribution is -2.03. The maximum atomic E-state index is 11.2. The topological polar surface area (TPSA) is 50.1 Å². The highest BCUT2D eigenvalue weighted by atomic mass is 79.9. The third kappa shape index (κ3) is 1.91. The molecule has 3 nitrogen and oxygen atoms in total. The molecular weight excluding hydrogens is 266 g/mol. The summed E-state index contributed by atoms with van der Waals surface area (Å²) in [5, 5.41) is 8.80. The highest BCUT2D eigenvalue weighted by Gasteiger charge is 2.15. The molecule has 14 heavy (non-hydrogen) atoms. The number of thiol groups is 1. The third-order valence-electron chi connectivity index (χ3n) is 1.64. The quantitative estimate of drug-likeness (QED) is 0.630. The molecule has 72 valence electrons. The van der Waals surface area contributed by atoms with Gasteiger partial charge in [-0.05, 0) is 28.1 Å². The highest BCUT2D eigenvalue weighted by molar-refractivity contribution is 9.10. The predicted octanol–water partition coefficient (Wildman–Crippen LogP) is 2.40. The Morgan fingerprint density at radius 2 is 2.29 bits per heavy atom. The van der Waals surface area contributed by atoms with Crippen molar-refractivity contribution in [2.45, 2.75) is 4.90 Å². The number of esters is 1. The minimum Gasteiger partial charge on any atom is -0.465 e. The van der Waals surface area contributed by atoms with Gasteiger partial charge >= 0.3 is 5.97 Å². The van der Waals surface area contributed by atoms with E-state index in [2.05, 4.69) is 33.3 Å². The number of halogens is 1. The second-order valence-corrected chi connectivity index (χ2v) is 3.70. The first kappa shape index (κ1) is 11.1. The van der Waals surface area contributed by atoms with Gasteiger partial charge in [-0.15, -0.1) is 12.6 Å². The minimum atomic E-state index is -0.485. The zero-order valence-electron chi connectivity index (χ0n) is 7.24. The van der Waals surface area contributed by atoms with Crippen molar-refractivity contribution >= 4 is 34.5 Å². The summed E-state index contributed by atoms with van der Waals surface area (Å²) >= 11 is 7.25. The Kier molecular flexibility index (Phi) is 3.55. The van der Waals surface area contributed by atoms with Crippen LogP contribution in [0.4, 0.5) is 0 Å². The van der Waals surface area contributed by atoms with Gasteiger partial charge in [0.1, 0.15) is 6.07 Å². The summed E-state index contributed by atoms with van der Waals surface area (Å²) < 4.78 is 4.97. The Balaban J connectivity index is 3.37. The van der Waals surface area contributed by atoms with Crippen molar-refractivity contribution < 1.29 is 9.53 Å². The second-order valence-electron chi connectivity index (χ2n) is 2.42. The summed E-state index contributed by atoms with van der Waals surface area (Å²) in [4.78, 5) is 11.7. The van der Waals surface area contributed by atoms with Crippen LogP contribution in [0, 0.1) is 11.3 Å². The number of hydrogen-bond donors (Lipinski definition) is 1. The van der Waals surface area contributed by atoms with Crippen LogP contribution < -0.4 is 0 Å².